The molecule has 3 aliphatic rings. The van der Waals surface area contributed by atoms with Gasteiger partial charge in [0.25, 0.3) is 5.91 Å². The van der Waals surface area contributed by atoms with E-state index in [-0.39, 0.29) is 30.7 Å². The molecule has 9 nitrogen and oxygen atoms in total. The van der Waals surface area contributed by atoms with Crippen LogP contribution in [0.1, 0.15) is 23.5 Å². The van der Waals surface area contributed by atoms with Crippen LogP contribution in [0.3, 0.4) is 0 Å². The van der Waals surface area contributed by atoms with Gasteiger partial charge in [0.05, 0.1) is 23.9 Å². The maximum atomic E-state index is 14.2. The number of carbonyl (C=O) groups excluding carboxylic acids is 3. The fourth-order valence-corrected chi connectivity index (χ4v) is 6.23. The maximum absolute atomic E-state index is 14.2. The van der Waals surface area contributed by atoms with Gasteiger partial charge in [0.2, 0.25) is 5.91 Å². The minimum atomic E-state index is -1.26. The number of likely N-dealkylation sites (tertiary alicyclic amines) is 2. The molecule has 4 amide bonds. The molecule has 0 bridgehead atoms. The molecule has 5 rings (SSSR count). The Morgan fingerprint density at radius 2 is 1.81 bits per heavy atom. The molecule has 3 aliphatic heterocycles. The van der Waals surface area contributed by atoms with E-state index in [1.165, 1.54) is 23.1 Å². The Morgan fingerprint density at radius 3 is 2.41 bits per heavy atom. The number of nitrogens with two attached hydrogens (primary N) is 1. The lowest BCUT2D eigenvalue weighted by atomic mass is 9.80. The summed E-state index contributed by atoms with van der Waals surface area (Å²) in [6.45, 7) is 1.79. The van der Waals surface area contributed by atoms with Crippen LogP contribution in [-0.2, 0) is 9.59 Å². The molecule has 37 heavy (non-hydrogen) atoms. The van der Waals surface area contributed by atoms with E-state index in [1.807, 2.05) is 4.90 Å². The van der Waals surface area contributed by atoms with E-state index < -0.39 is 23.4 Å². The second kappa shape index (κ2) is 9.62. The van der Waals surface area contributed by atoms with Crippen molar-refractivity contribution in [2.75, 3.05) is 44.7 Å². The number of nitriles is 1. The Bertz CT molecular complexity index is 1290. The van der Waals surface area contributed by atoms with Crippen molar-refractivity contribution in [2.45, 2.75) is 23.9 Å². The number of urea groups is 1. The summed E-state index contributed by atoms with van der Waals surface area (Å²) in [5.74, 6) is -0.901. The number of hydrogen-bond donors (Lipinski definition) is 1. The van der Waals surface area contributed by atoms with Crippen molar-refractivity contribution in [1.29, 1.82) is 5.26 Å². The number of amides is 4. The van der Waals surface area contributed by atoms with Gasteiger partial charge in [0, 0.05) is 55.2 Å². The summed E-state index contributed by atoms with van der Waals surface area (Å²) >= 11 is 12.4. The predicted molar refractivity (Wildman–Crippen MR) is 139 cm³/mol. The highest BCUT2D eigenvalue weighted by Gasteiger charge is 2.64. The van der Waals surface area contributed by atoms with E-state index >= 15 is 0 Å². The Labute approximate surface area is 224 Å². The summed E-state index contributed by atoms with van der Waals surface area (Å²) < 4.78 is 0. The molecule has 0 aliphatic carbocycles. The lowest BCUT2D eigenvalue weighted by Gasteiger charge is -2.34. The third-order valence-corrected chi connectivity index (χ3v) is 8.05. The Balaban J connectivity index is 1.52. The number of halogens is 2. The maximum Gasteiger partial charge on any atom is 0.332 e. The van der Waals surface area contributed by atoms with Crippen LogP contribution in [0.4, 0.5) is 10.5 Å². The van der Waals surface area contributed by atoms with Gasteiger partial charge >= 0.3 is 6.03 Å². The standard InChI is InChI=1S/C26H26Cl2N6O3/c1-31-25(37)34(21-9-18(27)8-19(28)10-21)24(36)26(31)15-32(14-23(35)33-7-6-20(30)12-33)13-22(26)17-4-2-16(11-29)3-5-17/h2-5,8-10,20,22H,6-7,12-15,30H2,1H3. The Kier molecular flexibility index (Phi) is 6.62. The van der Waals surface area contributed by atoms with Crippen LogP contribution in [0.15, 0.2) is 42.5 Å². The average molecular weight is 541 g/mol. The largest absolute Gasteiger partial charge is 0.340 e. The van der Waals surface area contributed by atoms with Gasteiger partial charge in [-0.2, -0.15) is 5.26 Å². The summed E-state index contributed by atoms with van der Waals surface area (Å²) in [4.78, 5) is 47.0. The number of imide groups is 1. The van der Waals surface area contributed by atoms with Crippen molar-refractivity contribution in [2.24, 2.45) is 5.73 Å². The predicted octanol–water partition coefficient (Wildman–Crippen LogP) is 2.66. The minimum absolute atomic E-state index is 0.0292. The molecule has 192 valence electrons. The molecule has 3 saturated heterocycles. The number of hydrogen-bond acceptors (Lipinski definition) is 6. The van der Waals surface area contributed by atoms with Crippen molar-refractivity contribution in [3.63, 3.8) is 0 Å². The monoisotopic (exact) mass is 540 g/mol. The Hall–Kier alpha value is -3.16. The number of carbonyl (C=O) groups is 3. The first-order valence-corrected chi connectivity index (χ1v) is 12.7. The van der Waals surface area contributed by atoms with Crippen LogP contribution in [0.2, 0.25) is 10.0 Å². The fraction of sp³-hybridized carbons (Fsp3) is 0.385. The van der Waals surface area contributed by atoms with Crippen molar-refractivity contribution in [3.8, 4) is 6.07 Å². The molecule has 2 aromatic rings. The quantitative estimate of drug-likeness (QED) is 0.596. The van der Waals surface area contributed by atoms with Gasteiger partial charge < -0.3 is 15.5 Å². The lowest BCUT2D eigenvalue weighted by molar-refractivity contribution is -0.131. The molecule has 3 heterocycles. The molecule has 0 aromatic heterocycles. The topological polar surface area (TPSA) is 114 Å². The van der Waals surface area contributed by atoms with Crippen LogP contribution in [0, 0.1) is 11.3 Å². The first kappa shape index (κ1) is 25.5. The zero-order valence-corrected chi connectivity index (χ0v) is 21.7. The van der Waals surface area contributed by atoms with Crippen LogP contribution < -0.4 is 10.6 Å². The van der Waals surface area contributed by atoms with Gasteiger partial charge in [0.15, 0.2) is 0 Å². The van der Waals surface area contributed by atoms with Crippen LogP contribution in [0.5, 0.6) is 0 Å². The number of anilines is 1. The van der Waals surface area contributed by atoms with Crippen molar-refractivity contribution < 1.29 is 14.4 Å². The molecular formula is C26H26Cl2N6O3. The molecular weight excluding hydrogens is 515 g/mol. The summed E-state index contributed by atoms with van der Waals surface area (Å²) in [5.41, 5.74) is 6.31. The van der Waals surface area contributed by atoms with Crippen molar-refractivity contribution >= 4 is 46.7 Å². The molecule has 2 N–H and O–H groups in total. The molecule has 3 unspecified atom stereocenters. The first-order valence-electron chi connectivity index (χ1n) is 12.0. The number of nitrogens with zero attached hydrogens (tertiary/aromatic N) is 5. The lowest BCUT2D eigenvalue weighted by Crippen LogP contribution is -2.54. The van der Waals surface area contributed by atoms with E-state index in [4.69, 9.17) is 28.9 Å². The molecule has 11 heteroatoms. The van der Waals surface area contributed by atoms with E-state index in [0.29, 0.717) is 35.2 Å². The van der Waals surface area contributed by atoms with Crippen molar-refractivity contribution in [1.82, 2.24) is 14.7 Å². The summed E-state index contributed by atoms with van der Waals surface area (Å²) in [6, 6.07) is 13.2. The average Bonchev–Trinajstić information content (AvgIpc) is 3.51. The van der Waals surface area contributed by atoms with Gasteiger partial charge in [-0.25, -0.2) is 9.69 Å². The number of rotatable bonds is 4. The second-order valence-corrected chi connectivity index (χ2v) is 10.8. The van der Waals surface area contributed by atoms with E-state index in [9.17, 15) is 19.6 Å². The second-order valence-electron chi connectivity index (χ2n) is 9.88. The zero-order valence-electron chi connectivity index (χ0n) is 20.2. The SMILES string of the molecule is CN1C(=O)N(c2cc(Cl)cc(Cl)c2)C(=O)C12CN(CC(=O)N1CCC(N)C1)CC2c1ccc(C#N)cc1. The van der Waals surface area contributed by atoms with Gasteiger partial charge in [-0.05, 0) is 42.3 Å². The molecule has 3 atom stereocenters. The highest BCUT2D eigenvalue weighted by molar-refractivity contribution is 6.35. The molecule has 3 fully saturated rings. The molecule has 1 spiro atoms. The molecule has 0 saturated carbocycles. The normalized spacial score (nSPS) is 26.0. The Morgan fingerprint density at radius 1 is 1.14 bits per heavy atom. The number of likely N-dealkylation sites (N-methyl/N-ethyl adjacent to an activating group) is 1. The zero-order chi connectivity index (χ0) is 26.5. The highest BCUT2D eigenvalue weighted by Crippen LogP contribution is 2.46. The van der Waals surface area contributed by atoms with E-state index in [0.717, 1.165) is 16.9 Å². The number of benzene rings is 2. The third kappa shape index (κ3) is 4.34. The molecule has 2 aromatic carbocycles. The van der Waals surface area contributed by atoms with Crippen LogP contribution >= 0.6 is 23.2 Å². The minimum Gasteiger partial charge on any atom is -0.340 e. The summed E-state index contributed by atoms with van der Waals surface area (Å²) in [5, 5.41) is 9.85. The van der Waals surface area contributed by atoms with Crippen LogP contribution in [-0.4, -0.2) is 83.9 Å². The smallest absolute Gasteiger partial charge is 0.332 e. The van der Waals surface area contributed by atoms with Gasteiger partial charge in [-0.1, -0.05) is 35.3 Å². The van der Waals surface area contributed by atoms with Gasteiger partial charge in [-0.15, -0.1) is 0 Å². The van der Waals surface area contributed by atoms with E-state index in [2.05, 4.69) is 6.07 Å². The molecule has 0 radical (unpaired) electrons. The fourth-order valence-electron chi connectivity index (χ4n) is 5.72. The third-order valence-electron chi connectivity index (χ3n) is 7.62. The summed E-state index contributed by atoms with van der Waals surface area (Å²) in [6.07, 6.45) is 0.760. The summed E-state index contributed by atoms with van der Waals surface area (Å²) in [7, 11) is 1.61. The van der Waals surface area contributed by atoms with Crippen LogP contribution in [0.25, 0.3) is 0 Å². The van der Waals surface area contributed by atoms with Gasteiger partial charge in [0.1, 0.15) is 5.54 Å². The van der Waals surface area contributed by atoms with E-state index in [1.54, 1.807) is 36.2 Å². The highest BCUT2D eigenvalue weighted by atomic mass is 35.5. The van der Waals surface area contributed by atoms with Gasteiger partial charge in [-0.3, -0.25) is 14.5 Å². The first-order chi connectivity index (χ1) is 17.6. The van der Waals surface area contributed by atoms with Crippen molar-refractivity contribution in [3.05, 3.63) is 63.6 Å².